The van der Waals surface area contributed by atoms with Gasteiger partial charge in [0.1, 0.15) is 5.82 Å². The van der Waals surface area contributed by atoms with E-state index in [1.807, 2.05) is 6.20 Å². The molecule has 2 N–H and O–H groups in total. The molecule has 0 amide bonds. The lowest BCUT2D eigenvalue weighted by Crippen LogP contribution is -2.48. The molecule has 0 aromatic carbocycles. The van der Waals surface area contributed by atoms with Crippen LogP contribution in [0.4, 0.5) is 5.82 Å². The first-order valence-electron chi connectivity index (χ1n) is 11.3. The topological polar surface area (TPSA) is 65.0 Å². The number of piperidine rings is 1. The minimum atomic E-state index is 0. The summed E-state index contributed by atoms with van der Waals surface area (Å²) in [4.78, 5) is 14.3. The van der Waals surface area contributed by atoms with Crippen molar-refractivity contribution in [2.45, 2.75) is 58.7 Å². The van der Waals surface area contributed by atoms with Crippen LogP contribution < -0.4 is 15.5 Å². The zero-order chi connectivity index (χ0) is 20.5. The molecule has 2 aliphatic heterocycles. The number of ether oxygens (including phenoxy) is 1. The molecule has 2 saturated heterocycles. The molecule has 170 valence electrons. The molecule has 0 aliphatic carbocycles. The normalized spacial score (nSPS) is 21.2. The minimum absolute atomic E-state index is 0. The minimum Gasteiger partial charge on any atom is -0.375 e. The number of nitrogens with one attached hydrogen (secondary N) is 2. The predicted molar refractivity (Wildman–Crippen MR) is 135 cm³/mol. The Kier molecular flexibility index (Phi) is 11.2. The standard InChI is InChI=1S/C22H38N6O.HI/c1-4-10-27-11-8-20(9-12-27)26-22(23-5-2)25-16-19-6-7-21(24-15-19)28-13-14-29-18(3)17-28;/h6-7,15,18,20H,4-5,8-14,16-17H2,1-3H3,(H2,23,25,26);1H. The van der Waals surface area contributed by atoms with Crippen molar-refractivity contribution in [3.63, 3.8) is 0 Å². The van der Waals surface area contributed by atoms with Crippen molar-refractivity contribution in [3.8, 4) is 0 Å². The quantitative estimate of drug-likeness (QED) is 0.321. The number of morpholine rings is 1. The Morgan fingerprint density at radius 2 is 2.03 bits per heavy atom. The maximum absolute atomic E-state index is 5.62. The fraction of sp³-hybridized carbons (Fsp3) is 0.727. The molecule has 7 nitrogen and oxygen atoms in total. The number of hydrogen-bond acceptors (Lipinski definition) is 5. The van der Waals surface area contributed by atoms with Gasteiger partial charge < -0.3 is 25.2 Å². The highest BCUT2D eigenvalue weighted by atomic mass is 127. The first kappa shape index (κ1) is 25.1. The average molecular weight is 530 g/mol. The Hall–Kier alpha value is -1.13. The van der Waals surface area contributed by atoms with Gasteiger partial charge in [-0.15, -0.1) is 24.0 Å². The summed E-state index contributed by atoms with van der Waals surface area (Å²) in [6.07, 6.45) is 5.81. The number of likely N-dealkylation sites (tertiary alicyclic amines) is 1. The lowest BCUT2D eigenvalue weighted by Gasteiger charge is -2.32. The SMILES string of the molecule is CCCN1CCC(NC(=NCc2ccc(N3CCOC(C)C3)nc2)NCC)CC1.I. The van der Waals surface area contributed by atoms with Crippen molar-refractivity contribution in [3.05, 3.63) is 23.9 Å². The number of halogens is 1. The molecule has 1 aromatic rings. The zero-order valence-electron chi connectivity index (χ0n) is 18.8. The van der Waals surface area contributed by atoms with E-state index in [1.54, 1.807) is 0 Å². The van der Waals surface area contributed by atoms with Gasteiger partial charge in [0, 0.05) is 45.0 Å². The van der Waals surface area contributed by atoms with E-state index < -0.39 is 0 Å². The molecule has 0 spiro atoms. The summed E-state index contributed by atoms with van der Waals surface area (Å²) in [6.45, 7) is 14.1. The monoisotopic (exact) mass is 530 g/mol. The van der Waals surface area contributed by atoms with Crippen LogP contribution in [0.25, 0.3) is 0 Å². The Bertz CT molecular complexity index is 633. The number of rotatable bonds is 7. The average Bonchev–Trinajstić information content (AvgIpc) is 2.74. The van der Waals surface area contributed by atoms with Gasteiger partial charge >= 0.3 is 0 Å². The number of aliphatic imine (C=N–C) groups is 1. The van der Waals surface area contributed by atoms with E-state index in [0.29, 0.717) is 12.6 Å². The number of hydrogen-bond donors (Lipinski definition) is 2. The third kappa shape index (κ3) is 7.85. The Morgan fingerprint density at radius 1 is 1.23 bits per heavy atom. The van der Waals surface area contributed by atoms with Gasteiger partial charge in [0.2, 0.25) is 0 Å². The maximum atomic E-state index is 5.62. The van der Waals surface area contributed by atoms with Gasteiger partial charge in [-0.05, 0) is 51.3 Å². The fourth-order valence-corrected chi connectivity index (χ4v) is 4.02. The molecular weight excluding hydrogens is 491 g/mol. The molecule has 2 aliphatic rings. The van der Waals surface area contributed by atoms with Gasteiger partial charge in [-0.2, -0.15) is 0 Å². The van der Waals surface area contributed by atoms with Gasteiger partial charge in [0.05, 0.1) is 19.3 Å². The number of guanidine groups is 1. The highest BCUT2D eigenvalue weighted by Gasteiger charge is 2.19. The van der Waals surface area contributed by atoms with Crippen LogP contribution in [0.5, 0.6) is 0 Å². The molecule has 1 atom stereocenters. The van der Waals surface area contributed by atoms with Crippen molar-refractivity contribution in [2.75, 3.05) is 50.8 Å². The van der Waals surface area contributed by atoms with E-state index >= 15 is 0 Å². The molecule has 1 unspecified atom stereocenters. The van der Waals surface area contributed by atoms with Gasteiger partial charge in [-0.3, -0.25) is 0 Å². The molecule has 2 fully saturated rings. The number of anilines is 1. The smallest absolute Gasteiger partial charge is 0.191 e. The number of nitrogens with zero attached hydrogens (tertiary/aromatic N) is 4. The summed E-state index contributed by atoms with van der Waals surface area (Å²) < 4.78 is 5.62. The van der Waals surface area contributed by atoms with E-state index in [-0.39, 0.29) is 30.1 Å². The van der Waals surface area contributed by atoms with E-state index in [1.165, 1.54) is 38.9 Å². The molecule has 0 radical (unpaired) electrons. The highest BCUT2D eigenvalue weighted by molar-refractivity contribution is 14.0. The molecule has 1 aromatic heterocycles. The van der Waals surface area contributed by atoms with Crippen LogP contribution in [0, 0.1) is 0 Å². The molecule has 0 saturated carbocycles. The third-order valence-electron chi connectivity index (χ3n) is 5.61. The first-order chi connectivity index (χ1) is 14.2. The number of pyridine rings is 1. The van der Waals surface area contributed by atoms with Crippen LogP contribution in [0.15, 0.2) is 23.3 Å². The summed E-state index contributed by atoms with van der Waals surface area (Å²) in [7, 11) is 0. The van der Waals surface area contributed by atoms with E-state index in [0.717, 1.165) is 43.6 Å². The molecule has 8 heteroatoms. The van der Waals surface area contributed by atoms with E-state index in [4.69, 9.17) is 9.73 Å². The van der Waals surface area contributed by atoms with E-state index in [2.05, 4.69) is 58.3 Å². The highest BCUT2D eigenvalue weighted by Crippen LogP contribution is 2.16. The Labute approximate surface area is 199 Å². The third-order valence-corrected chi connectivity index (χ3v) is 5.61. The Morgan fingerprint density at radius 3 is 2.67 bits per heavy atom. The van der Waals surface area contributed by atoms with Crippen molar-refractivity contribution in [1.82, 2.24) is 20.5 Å². The van der Waals surface area contributed by atoms with Crippen molar-refractivity contribution < 1.29 is 4.74 Å². The van der Waals surface area contributed by atoms with Crippen molar-refractivity contribution >= 4 is 35.8 Å². The van der Waals surface area contributed by atoms with Gasteiger partial charge in [-0.25, -0.2) is 9.98 Å². The van der Waals surface area contributed by atoms with Gasteiger partial charge in [-0.1, -0.05) is 13.0 Å². The van der Waals surface area contributed by atoms with Crippen LogP contribution in [0.2, 0.25) is 0 Å². The first-order valence-corrected chi connectivity index (χ1v) is 11.3. The molecule has 3 rings (SSSR count). The van der Waals surface area contributed by atoms with Gasteiger partial charge in [0.15, 0.2) is 5.96 Å². The summed E-state index contributed by atoms with van der Waals surface area (Å²) in [5.74, 6) is 1.93. The summed E-state index contributed by atoms with van der Waals surface area (Å²) in [5.41, 5.74) is 1.13. The second-order valence-corrected chi connectivity index (χ2v) is 8.11. The lowest BCUT2D eigenvalue weighted by molar-refractivity contribution is 0.0529. The van der Waals surface area contributed by atoms with Crippen LogP contribution in [-0.2, 0) is 11.3 Å². The fourth-order valence-electron chi connectivity index (χ4n) is 4.02. The van der Waals surface area contributed by atoms with E-state index in [9.17, 15) is 0 Å². The predicted octanol–water partition coefficient (Wildman–Crippen LogP) is 2.85. The van der Waals surface area contributed by atoms with Crippen LogP contribution in [0.3, 0.4) is 0 Å². The van der Waals surface area contributed by atoms with Crippen LogP contribution in [-0.4, -0.2) is 73.9 Å². The van der Waals surface area contributed by atoms with Gasteiger partial charge in [0.25, 0.3) is 0 Å². The largest absolute Gasteiger partial charge is 0.375 e. The zero-order valence-corrected chi connectivity index (χ0v) is 21.1. The second kappa shape index (κ2) is 13.3. The second-order valence-electron chi connectivity index (χ2n) is 8.11. The molecular formula is C22H39IN6O. The maximum Gasteiger partial charge on any atom is 0.191 e. The van der Waals surface area contributed by atoms with Crippen molar-refractivity contribution in [1.29, 1.82) is 0 Å². The molecule has 0 bridgehead atoms. The molecule has 30 heavy (non-hydrogen) atoms. The summed E-state index contributed by atoms with van der Waals surface area (Å²) in [6, 6.07) is 4.75. The lowest BCUT2D eigenvalue weighted by atomic mass is 10.1. The Balaban J connectivity index is 0.00000320. The number of aromatic nitrogens is 1. The van der Waals surface area contributed by atoms with Crippen LogP contribution in [0.1, 0.15) is 45.6 Å². The van der Waals surface area contributed by atoms with Crippen molar-refractivity contribution in [2.24, 2.45) is 4.99 Å². The summed E-state index contributed by atoms with van der Waals surface area (Å²) in [5, 5.41) is 7.01. The molecule has 3 heterocycles. The van der Waals surface area contributed by atoms with Crippen LogP contribution >= 0.6 is 24.0 Å². The summed E-state index contributed by atoms with van der Waals surface area (Å²) >= 11 is 0.